The van der Waals surface area contributed by atoms with Crippen LogP contribution in [0.3, 0.4) is 0 Å². The minimum Gasteiger partial charge on any atom is -0.400 e. The van der Waals surface area contributed by atoms with Crippen molar-refractivity contribution in [1.29, 1.82) is 0 Å². The molecule has 11 heteroatoms. The molecule has 0 radical (unpaired) electrons. The van der Waals surface area contributed by atoms with E-state index >= 15 is 0 Å². The van der Waals surface area contributed by atoms with Crippen LogP contribution in [0.4, 0.5) is 14.5 Å². The van der Waals surface area contributed by atoms with Gasteiger partial charge in [-0.3, -0.25) is 4.79 Å². The summed E-state index contributed by atoms with van der Waals surface area (Å²) in [5.74, 6) is -0.520. The van der Waals surface area contributed by atoms with Gasteiger partial charge in [0.15, 0.2) is 0 Å². The fraction of sp³-hybridized carbons (Fsp3) is 0.447. The number of benzene rings is 2. The van der Waals surface area contributed by atoms with Gasteiger partial charge in [-0.1, -0.05) is 75.9 Å². The maximum absolute atomic E-state index is 13.3. The zero-order chi connectivity index (χ0) is 43.3. The Balaban J connectivity index is 0.000000352. The molecule has 2 aromatic rings. The lowest BCUT2D eigenvalue weighted by Gasteiger charge is -2.41. The van der Waals surface area contributed by atoms with Crippen molar-refractivity contribution in [2.24, 2.45) is 5.18 Å². The summed E-state index contributed by atoms with van der Waals surface area (Å²) in [6.07, 6.45) is 17.0. The molecule has 2 aromatic carbocycles. The molecule has 58 heavy (non-hydrogen) atoms. The summed E-state index contributed by atoms with van der Waals surface area (Å²) in [5, 5.41) is 28.5. The lowest BCUT2D eigenvalue weighted by molar-refractivity contribution is -0.124. The highest BCUT2D eigenvalue weighted by Crippen LogP contribution is 2.42. The number of halogens is 2. The predicted molar refractivity (Wildman–Crippen MR) is 228 cm³/mol. The molecule has 0 aromatic heterocycles. The molecular formula is C47H62F2N2O7. The van der Waals surface area contributed by atoms with E-state index in [9.17, 15) is 28.7 Å². The number of hydrogen-bond acceptors (Lipinski definition) is 8. The molecule has 0 bridgehead atoms. The third-order valence-electron chi connectivity index (χ3n) is 9.75. The van der Waals surface area contributed by atoms with E-state index in [1.165, 1.54) is 24.3 Å². The lowest BCUT2D eigenvalue weighted by atomic mass is 9.86. The predicted octanol–water partition coefficient (Wildman–Crippen LogP) is 9.72. The van der Waals surface area contributed by atoms with Gasteiger partial charge in [0.25, 0.3) is 0 Å². The first-order valence-corrected chi connectivity index (χ1v) is 20.0. The normalized spacial score (nSPS) is 23.9. The minimum absolute atomic E-state index is 0.0238. The van der Waals surface area contributed by atoms with Crippen LogP contribution in [0.25, 0.3) is 0 Å². The standard InChI is InChI=1S/C27H26FNO2.C9H11FO.C8H15NO3.C2H6.CH4O/c1-4-6-8-19(5-2)20-9-7-10-21(25(16-20)27(3)18-31-27)15-24-17-26(30)29(24)23-13-11-22(28)12-14-23;1-2-9(11)7-3-5-8(10)6-4-7;1-2-7-3-6(10)4-8(12-7)5-9-11;2*1-2/h4-6,8-14,16,24H,2,15,17-18H2,1,3H3;3-6,9,11H,2H2,1H3;6-8,10H,2-5H2,1H3;1-2H3;2H,1H3/b6-4-,19-8+;;;;. The quantitative estimate of drug-likeness (QED) is 0.0640. The van der Waals surface area contributed by atoms with Gasteiger partial charge in [0.05, 0.1) is 31.0 Å². The Morgan fingerprint density at radius 1 is 1.05 bits per heavy atom. The molecule has 9 nitrogen and oxygen atoms in total. The maximum Gasteiger partial charge on any atom is 0.229 e. The molecule has 3 heterocycles. The van der Waals surface area contributed by atoms with Gasteiger partial charge in [-0.25, -0.2) is 8.78 Å². The maximum atomic E-state index is 13.3. The van der Waals surface area contributed by atoms with Crippen molar-refractivity contribution in [3.63, 3.8) is 0 Å². The number of carbonyl (C=O) groups excluding carboxylic acids is 1. The Labute approximate surface area is 343 Å². The van der Waals surface area contributed by atoms with Crippen LogP contribution in [0.1, 0.15) is 91.7 Å². The summed E-state index contributed by atoms with van der Waals surface area (Å²) in [4.78, 5) is 24.1. The van der Waals surface area contributed by atoms with Crippen LogP contribution in [-0.4, -0.2) is 71.4 Å². The lowest BCUT2D eigenvalue weighted by Crippen LogP contribution is -2.53. The highest BCUT2D eigenvalue weighted by atomic mass is 19.1. The average Bonchev–Trinajstić information content (AvgIpc) is 4.02. The van der Waals surface area contributed by atoms with Gasteiger partial charge < -0.3 is 29.7 Å². The molecule has 3 N–H and O–H groups in total. The van der Waals surface area contributed by atoms with Crippen molar-refractivity contribution >= 4 is 11.6 Å². The van der Waals surface area contributed by atoms with Crippen LogP contribution in [0.15, 0.2) is 131 Å². The van der Waals surface area contributed by atoms with Crippen LogP contribution in [0.5, 0.6) is 0 Å². The topological polar surface area (TPSA) is 132 Å². The molecule has 3 saturated heterocycles. The first-order chi connectivity index (χ1) is 27.9. The summed E-state index contributed by atoms with van der Waals surface area (Å²) < 4.78 is 37.0. The molecule has 6 rings (SSSR count). The van der Waals surface area contributed by atoms with Crippen molar-refractivity contribution < 1.29 is 38.4 Å². The van der Waals surface area contributed by atoms with Crippen LogP contribution >= 0.6 is 0 Å². The van der Waals surface area contributed by atoms with E-state index in [1.807, 2.05) is 71.1 Å². The second-order valence-electron chi connectivity index (χ2n) is 13.9. The summed E-state index contributed by atoms with van der Waals surface area (Å²) in [5.41, 5.74) is 8.70. The van der Waals surface area contributed by atoms with E-state index in [2.05, 4.69) is 30.5 Å². The molecule has 1 amide bonds. The molecule has 3 aliphatic heterocycles. The van der Waals surface area contributed by atoms with Gasteiger partial charge in [-0.15, -0.1) is 5.73 Å². The van der Waals surface area contributed by atoms with Gasteiger partial charge in [0.2, 0.25) is 5.91 Å². The van der Waals surface area contributed by atoms with E-state index in [4.69, 9.17) is 14.6 Å². The fourth-order valence-electron chi connectivity index (χ4n) is 6.50. The minimum atomic E-state index is -0.462. The summed E-state index contributed by atoms with van der Waals surface area (Å²) in [7, 11) is 1.00. The molecule has 0 saturated carbocycles. The SMILES string of the molecule is C=C/C(=C\C=C/C)C1=CC(C2(C)CO2)=C(CC2CC(=O)N2c2ccc(F)cc2)C=C=C1.CC.CCC(O)c1ccc(F)cc1.CCC1CC(O)CC(CN=O)O1.CO. The van der Waals surface area contributed by atoms with Crippen LogP contribution in [0, 0.1) is 16.5 Å². The number of ether oxygens (including phenoxy) is 2. The number of amides is 1. The highest BCUT2D eigenvalue weighted by Gasteiger charge is 2.45. The molecule has 6 unspecified atom stereocenters. The van der Waals surface area contributed by atoms with Gasteiger partial charge in [0.1, 0.15) is 23.8 Å². The molecule has 3 fully saturated rings. The number of carbonyl (C=O) groups is 1. The number of nitroso groups, excluding NO2 is 1. The Kier molecular flexibility index (Phi) is 21.9. The Hall–Kier alpha value is -4.61. The first-order valence-electron chi connectivity index (χ1n) is 20.0. The van der Waals surface area contributed by atoms with E-state index < -0.39 is 6.10 Å². The van der Waals surface area contributed by atoms with Crippen molar-refractivity contribution in [1.82, 2.24) is 0 Å². The number of aliphatic hydroxyl groups excluding tert-OH is 3. The Bertz CT molecular complexity index is 1790. The Morgan fingerprint density at radius 2 is 1.66 bits per heavy atom. The number of rotatable bonds is 12. The van der Waals surface area contributed by atoms with Crippen molar-refractivity contribution in [2.45, 2.75) is 116 Å². The van der Waals surface area contributed by atoms with Crippen LogP contribution in [-0.2, 0) is 14.3 Å². The molecule has 0 spiro atoms. The number of nitrogens with zero attached hydrogens (tertiary/aromatic N) is 2. The third kappa shape index (κ3) is 15.0. The Morgan fingerprint density at radius 3 is 2.17 bits per heavy atom. The van der Waals surface area contributed by atoms with Crippen LogP contribution < -0.4 is 4.90 Å². The third-order valence-corrected chi connectivity index (χ3v) is 9.75. The number of allylic oxidation sites excluding steroid dienone is 7. The number of aliphatic hydroxyl groups is 3. The van der Waals surface area contributed by atoms with E-state index in [-0.39, 0.29) is 54.0 Å². The zero-order valence-corrected chi connectivity index (χ0v) is 35.0. The van der Waals surface area contributed by atoms with Crippen LogP contribution in [0.2, 0.25) is 0 Å². The zero-order valence-electron chi connectivity index (χ0n) is 35.0. The monoisotopic (exact) mass is 804 g/mol. The summed E-state index contributed by atoms with van der Waals surface area (Å²) in [6, 6.07) is 12.0. The number of anilines is 1. The van der Waals surface area contributed by atoms with Crippen molar-refractivity contribution in [3.8, 4) is 0 Å². The van der Waals surface area contributed by atoms with E-state index in [0.717, 1.165) is 47.1 Å². The average molecular weight is 805 g/mol. The van der Waals surface area contributed by atoms with Gasteiger partial charge in [-0.05, 0) is 122 Å². The molecule has 6 atom stereocenters. The second-order valence-corrected chi connectivity index (χ2v) is 13.9. The van der Waals surface area contributed by atoms with Gasteiger partial charge in [0, 0.05) is 31.7 Å². The first kappa shape index (κ1) is 49.5. The fourth-order valence-corrected chi connectivity index (χ4v) is 6.50. The highest BCUT2D eigenvalue weighted by molar-refractivity contribution is 6.00. The second kappa shape index (κ2) is 25.7. The smallest absolute Gasteiger partial charge is 0.229 e. The van der Waals surface area contributed by atoms with E-state index in [0.29, 0.717) is 38.7 Å². The van der Waals surface area contributed by atoms with Gasteiger partial charge >= 0.3 is 0 Å². The summed E-state index contributed by atoms with van der Waals surface area (Å²) >= 11 is 0. The van der Waals surface area contributed by atoms with Crippen molar-refractivity contribution in [2.75, 3.05) is 25.2 Å². The van der Waals surface area contributed by atoms with Gasteiger partial charge in [-0.2, -0.15) is 4.91 Å². The molecular weight excluding hydrogens is 743 g/mol. The molecule has 316 valence electrons. The molecule has 1 aliphatic carbocycles. The largest absolute Gasteiger partial charge is 0.400 e. The van der Waals surface area contributed by atoms with E-state index in [1.54, 1.807) is 29.2 Å². The number of hydrogen-bond donors (Lipinski definition) is 3. The van der Waals surface area contributed by atoms with Crippen molar-refractivity contribution in [3.05, 3.63) is 148 Å². The number of epoxide rings is 1. The summed E-state index contributed by atoms with van der Waals surface area (Å²) in [6.45, 7) is 16.7. The number of β-lactam (4-membered cyclic amide) rings is 1. The molecule has 4 aliphatic rings.